The van der Waals surface area contributed by atoms with Gasteiger partial charge in [0.2, 0.25) is 0 Å². The largest absolute Gasteiger partial charge is 0.381 e. The molecule has 5 nitrogen and oxygen atoms in total. The normalized spacial score (nSPS) is 17.9. The number of rotatable bonds is 9. The fourth-order valence-electron chi connectivity index (χ4n) is 3.17. The van der Waals surface area contributed by atoms with Gasteiger partial charge < -0.3 is 19.9 Å². The first-order valence-corrected chi connectivity index (χ1v) is 9.48. The average Bonchev–Trinajstić information content (AvgIpc) is 3.11. The minimum atomic E-state index is 0.630. The molecule has 0 radical (unpaired) electrons. The van der Waals surface area contributed by atoms with Crippen molar-refractivity contribution in [2.45, 2.75) is 26.3 Å². The second-order valence-corrected chi connectivity index (χ2v) is 6.92. The molecule has 0 aliphatic carbocycles. The molecule has 0 aromatic heterocycles. The van der Waals surface area contributed by atoms with E-state index in [0.29, 0.717) is 5.92 Å². The van der Waals surface area contributed by atoms with E-state index in [1.54, 1.807) is 0 Å². The average molecular weight is 347 g/mol. The molecule has 1 fully saturated rings. The molecule has 2 rings (SSSR count). The monoisotopic (exact) mass is 346 g/mol. The lowest BCUT2D eigenvalue weighted by Crippen LogP contribution is -2.41. The van der Waals surface area contributed by atoms with Gasteiger partial charge in [0.15, 0.2) is 5.96 Å². The van der Waals surface area contributed by atoms with Crippen molar-refractivity contribution in [2.75, 3.05) is 53.5 Å². The van der Waals surface area contributed by atoms with Crippen molar-refractivity contribution in [3.8, 4) is 0 Å². The van der Waals surface area contributed by atoms with Gasteiger partial charge in [0.05, 0.1) is 6.61 Å². The van der Waals surface area contributed by atoms with Gasteiger partial charge in [-0.2, -0.15) is 0 Å². The van der Waals surface area contributed by atoms with Crippen LogP contribution in [0.4, 0.5) is 0 Å². The fourth-order valence-corrected chi connectivity index (χ4v) is 3.17. The van der Waals surface area contributed by atoms with E-state index in [1.807, 2.05) is 0 Å². The summed E-state index contributed by atoms with van der Waals surface area (Å²) in [6, 6.07) is 10.6. The van der Waals surface area contributed by atoms with Crippen molar-refractivity contribution in [2.24, 2.45) is 10.9 Å². The van der Waals surface area contributed by atoms with Crippen LogP contribution in [0, 0.1) is 5.92 Å². The van der Waals surface area contributed by atoms with Crippen molar-refractivity contribution < 1.29 is 4.74 Å². The summed E-state index contributed by atoms with van der Waals surface area (Å²) in [6.07, 6.45) is 2.23. The van der Waals surface area contributed by atoms with E-state index in [1.165, 1.54) is 5.56 Å². The minimum absolute atomic E-state index is 0.630. The lowest BCUT2D eigenvalue weighted by molar-refractivity contribution is 0.181. The maximum Gasteiger partial charge on any atom is 0.193 e. The molecule has 1 atom stereocenters. The zero-order valence-corrected chi connectivity index (χ0v) is 16.1. The van der Waals surface area contributed by atoms with Crippen LogP contribution in [0.1, 0.15) is 25.3 Å². The maximum atomic E-state index is 5.48. The van der Waals surface area contributed by atoms with Gasteiger partial charge in [-0.05, 0) is 38.9 Å². The van der Waals surface area contributed by atoms with Gasteiger partial charge >= 0.3 is 0 Å². The minimum Gasteiger partial charge on any atom is -0.381 e. The highest BCUT2D eigenvalue weighted by Crippen LogP contribution is 2.13. The van der Waals surface area contributed by atoms with Crippen LogP contribution in [0.5, 0.6) is 0 Å². The van der Waals surface area contributed by atoms with Crippen LogP contribution in [0.15, 0.2) is 35.3 Å². The number of guanidine groups is 1. The van der Waals surface area contributed by atoms with Crippen molar-refractivity contribution in [3.63, 3.8) is 0 Å². The van der Waals surface area contributed by atoms with Gasteiger partial charge in [-0.3, -0.25) is 4.99 Å². The molecule has 1 aliphatic heterocycles. The highest BCUT2D eigenvalue weighted by Gasteiger charge is 2.18. The molecule has 1 heterocycles. The third-order valence-electron chi connectivity index (χ3n) is 4.51. The molecular formula is C20H34N4O. The maximum absolute atomic E-state index is 5.48. The van der Waals surface area contributed by atoms with Crippen LogP contribution in [0.3, 0.4) is 0 Å². The summed E-state index contributed by atoms with van der Waals surface area (Å²) >= 11 is 0. The molecule has 1 unspecified atom stereocenters. The summed E-state index contributed by atoms with van der Waals surface area (Å²) in [4.78, 5) is 9.40. The summed E-state index contributed by atoms with van der Waals surface area (Å²) < 4.78 is 5.48. The Morgan fingerprint density at radius 1 is 1.28 bits per heavy atom. The molecule has 0 bridgehead atoms. The van der Waals surface area contributed by atoms with Gasteiger partial charge in [-0.25, -0.2) is 0 Å². The molecule has 1 saturated heterocycles. The predicted octanol–water partition coefficient (Wildman–Crippen LogP) is 2.44. The Kier molecular flexibility index (Phi) is 8.77. The number of aliphatic imine (C=N–C) groups is 1. The number of hydrogen-bond acceptors (Lipinski definition) is 3. The van der Waals surface area contributed by atoms with E-state index < -0.39 is 0 Å². The third kappa shape index (κ3) is 7.45. The SMILES string of the molecule is CCNC(=NCCCN(C)Cc1ccccc1)N(C)CC1CCOC1. The highest BCUT2D eigenvalue weighted by molar-refractivity contribution is 5.79. The molecule has 1 N–H and O–H groups in total. The highest BCUT2D eigenvalue weighted by atomic mass is 16.5. The topological polar surface area (TPSA) is 40.1 Å². The van der Waals surface area contributed by atoms with Crippen molar-refractivity contribution in [1.82, 2.24) is 15.1 Å². The molecule has 5 heteroatoms. The molecule has 1 aromatic rings. The van der Waals surface area contributed by atoms with Crippen LogP contribution >= 0.6 is 0 Å². The summed E-state index contributed by atoms with van der Waals surface area (Å²) in [6.45, 7) is 8.72. The Morgan fingerprint density at radius 2 is 2.08 bits per heavy atom. The Bertz CT molecular complexity index is 500. The van der Waals surface area contributed by atoms with E-state index in [4.69, 9.17) is 9.73 Å². The fraction of sp³-hybridized carbons (Fsp3) is 0.650. The van der Waals surface area contributed by atoms with E-state index in [-0.39, 0.29) is 0 Å². The van der Waals surface area contributed by atoms with Gasteiger partial charge in [0.25, 0.3) is 0 Å². The Morgan fingerprint density at radius 3 is 2.76 bits per heavy atom. The molecule has 1 aliphatic rings. The number of benzene rings is 1. The van der Waals surface area contributed by atoms with Crippen molar-refractivity contribution in [3.05, 3.63) is 35.9 Å². The third-order valence-corrected chi connectivity index (χ3v) is 4.51. The van der Waals surface area contributed by atoms with Crippen LogP contribution in [0.2, 0.25) is 0 Å². The molecule has 140 valence electrons. The zero-order valence-electron chi connectivity index (χ0n) is 16.1. The van der Waals surface area contributed by atoms with Gasteiger partial charge in [0.1, 0.15) is 0 Å². The number of nitrogens with one attached hydrogen (secondary N) is 1. The van der Waals surface area contributed by atoms with Crippen molar-refractivity contribution in [1.29, 1.82) is 0 Å². The van der Waals surface area contributed by atoms with Gasteiger partial charge in [-0.1, -0.05) is 30.3 Å². The van der Waals surface area contributed by atoms with Gasteiger partial charge in [0, 0.05) is 45.8 Å². The number of nitrogens with zero attached hydrogens (tertiary/aromatic N) is 3. The second kappa shape index (κ2) is 11.1. The molecule has 1 aromatic carbocycles. The number of ether oxygens (including phenoxy) is 1. The van der Waals surface area contributed by atoms with Gasteiger partial charge in [-0.15, -0.1) is 0 Å². The molecular weight excluding hydrogens is 312 g/mol. The van der Waals surface area contributed by atoms with Crippen LogP contribution in [-0.2, 0) is 11.3 Å². The molecule has 0 amide bonds. The van der Waals surface area contributed by atoms with Crippen LogP contribution in [-0.4, -0.2) is 69.2 Å². The summed E-state index contributed by atoms with van der Waals surface area (Å²) in [5, 5.41) is 3.41. The number of hydrogen-bond donors (Lipinski definition) is 1. The quantitative estimate of drug-likeness (QED) is 0.424. The van der Waals surface area contributed by atoms with E-state index >= 15 is 0 Å². The molecule has 0 spiro atoms. The zero-order chi connectivity index (χ0) is 17.9. The molecule has 25 heavy (non-hydrogen) atoms. The first-order chi connectivity index (χ1) is 12.2. The summed E-state index contributed by atoms with van der Waals surface area (Å²) in [7, 11) is 4.30. The summed E-state index contributed by atoms with van der Waals surface area (Å²) in [5.74, 6) is 1.64. The second-order valence-electron chi connectivity index (χ2n) is 6.92. The van der Waals surface area contributed by atoms with E-state index in [2.05, 4.69) is 66.5 Å². The lowest BCUT2D eigenvalue weighted by atomic mass is 10.1. The van der Waals surface area contributed by atoms with Crippen LogP contribution in [0.25, 0.3) is 0 Å². The van der Waals surface area contributed by atoms with Crippen molar-refractivity contribution >= 4 is 5.96 Å². The lowest BCUT2D eigenvalue weighted by Gasteiger charge is -2.24. The van der Waals surface area contributed by atoms with Crippen LogP contribution < -0.4 is 5.32 Å². The summed E-state index contributed by atoms with van der Waals surface area (Å²) in [5.41, 5.74) is 1.36. The first-order valence-electron chi connectivity index (χ1n) is 9.48. The van der Waals surface area contributed by atoms with E-state index in [9.17, 15) is 0 Å². The smallest absolute Gasteiger partial charge is 0.193 e. The molecule has 0 saturated carbocycles. The van der Waals surface area contributed by atoms with E-state index in [0.717, 1.165) is 64.7 Å². The Balaban J connectivity index is 1.72. The Hall–Kier alpha value is -1.59. The standard InChI is InChI=1S/C20H34N4O/c1-4-21-20(24(3)16-19-11-14-25-17-19)22-12-8-13-23(2)15-18-9-6-5-7-10-18/h5-7,9-10,19H,4,8,11-17H2,1-3H3,(H,21,22). The predicted molar refractivity (Wildman–Crippen MR) is 105 cm³/mol. The first kappa shape index (κ1) is 19.7. The Labute approximate surface area is 153 Å².